The molecule has 0 fully saturated rings. The van der Waals surface area contributed by atoms with Crippen LogP contribution in [0, 0.1) is 5.82 Å². The van der Waals surface area contributed by atoms with E-state index in [0.717, 1.165) is 5.56 Å². The molecular weight excluding hydrogens is 231 g/mol. The number of nitrogens with zero attached hydrogens (tertiary/aromatic N) is 2. The molecule has 1 unspecified atom stereocenters. The lowest BCUT2D eigenvalue weighted by Gasteiger charge is -2.09. The summed E-state index contributed by atoms with van der Waals surface area (Å²) in [5, 5.41) is 0. The van der Waals surface area contributed by atoms with Gasteiger partial charge in [-0.3, -0.25) is 0 Å². The number of benzene rings is 1. The highest BCUT2D eigenvalue weighted by molar-refractivity contribution is 5.56. The van der Waals surface area contributed by atoms with E-state index < -0.39 is 0 Å². The largest absolute Gasteiger partial charge is 0.329 e. The van der Waals surface area contributed by atoms with Gasteiger partial charge in [0.05, 0.1) is 5.56 Å². The minimum Gasteiger partial charge on any atom is -0.329 e. The van der Waals surface area contributed by atoms with E-state index in [0.29, 0.717) is 24.4 Å². The Morgan fingerprint density at radius 2 is 1.94 bits per heavy atom. The molecule has 1 heterocycles. The summed E-state index contributed by atoms with van der Waals surface area (Å²) in [6, 6.07) is 6.49. The van der Waals surface area contributed by atoms with E-state index in [9.17, 15) is 4.39 Å². The molecule has 1 aromatic carbocycles. The fourth-order valence-electron chi connectivity index (χ4n) is 1.69. The van der Waals surface area contributed by atoms with Crippen molar-refractivity contribution in [1.82, 2.24) is 9.97 Å². The van der Waals surface area contributed by atoms with Crippen LogP contribution in [0.4, 0.5) is 4.39 Å². The average Bonchev–Trinajstić information content (AvgIpc) is 2.40. The van der Waals surface area contributed by atoms with Crippen molar-refractivity contribution >= 4 is 0 Å². The van der Waals surface area contributed by atoms with E-state index >= 15 is 0 Å². The van der Waals surface area contributed by atoms with Gasteiger partial charge in [0.25, 0.3) is 0 Å². The van der Waals surface area contributed by atoms with Crippen molar-refractivity contribution in [3.8, 4) is 11.4 Å². The van der Waals surface area contributed by atoms with Crippen molar-refractivity contribution < 1.29 is 4.39 Å². The van der Waals surface area contributed by atoms with Crippen LogP contribution in [0.25, 0.3) is 11.4 Å². The number of rotatable bonds is 4. The lowest BCUT2D eigenvalue weighted by molar-refractivity contribution is 0.621. The number of nitrogens with two attached hydrogens (primary N) is 2. The van der Waals surface area contributed by atoms with Crippen molar-refractivity contribution in [2.75, 3.05) is 6.54 Å². The van der Waals surface area contributed by atoms with Crippen LogP contribution in [0.3, 0.4) is 0 Å². The van der Waals surface area contributed by atoms with E-state index in [1.807, 2.05) is 6.07 Å². The molecule has 4 nitrogen and oxygen atoms in total. The fourth-order valence-corrected chi connectivity index (χ4v) is 1.69. The van der Waals surface area contributed by atoms with Gasteiger partial charge in [0.15, 0.2) is 5.82 Å². The highest BCUT2D eigenvalue weighted by Gasteiger charge is 2.09. The Labute approximate surface area is 105 Å². The van der Waals surface area contributed by atoms with E-state index in [4.69, 9.17) is 11.5 Å². The molecule has 94 valence electrons. The Kier molecular flexibility index (Phi) is 3.96. The molecule has 5 heteroatoms. The van der Waals surface area contributed by atoms with Crippen molar-refractivity contribution in [1.29, 1.82) is 0 Å². The molecule has 0 bridgehead atoms. The Morgan fingerprint density at radius 1 is 1.22 bits per heavy atom. The third-order valence-electron chi connectivity index (χ3n) is 2.64. The summed E-state index contributed by atoms with van der Waals surface area (Å²) >= 11 is 0. The zero-order valence-corrected chi connectivity index (χ0v) is 9.88. The lowest BCUT2D eigenvalue weighted by Crippen LogP contribution is -2.31. The van der Waals surface area contributed by atoms with Crippen molar-refractivity contribution in [3.05, 3.63) is 48.0 Å². The van der Waals surface area contributed by atoms with Gasteiger partial charge in [-0.1, -0.05) is 6.07 Å². The Morgan fingerprint density at radius 3 is 2.56 bits per heavy atom. The summed E-state index contributed by atoms with van der Waals surface area (Å²) in [4.78, 5) is 8.04. The minimum absolute atomic E-state index is 0.150. The monoisotopic (exact) mass is 246 g/mol. The summed E-state index contributed by atoms with van der Waals surface area (Å²) in [5.74, 6) is 0.0348. The second-order valence-electron chi connectivity index (χ2n) is 4.09. The molecular formula is C13H15FN4. The molecule has 0 saturated heterocycles. The van der Waals surface area contributed by atoms with Crippen LogP contribution in [-0.4, -0.2) is 22.6 Å². The Balaban J connectivity index is 2.26. The van der Waals surface area contributed by atoms with Gasteiger partial charge in [-0.2, -0.15) is 0 Å². The van der Waals surface area contributed by atoms with E-state index in [2.05, 4.69) is 9.97 Å². The summed E-state index contributed by atoms with van der Waals surface area (Å²) in [6.45, 7) is 0.380. The molecule has 0 saturated carbocycles. The molecule has 18 heavy (non-hydrogen) atoms. The van der Waals surface area contributed by atoms with Crippen LogP contribution >= 0.6 is 0 Å². The van der Waals surface area contributed by atoms with E-state index in [1.54, 1.807) is 24.5 Å². The molecule has 0 spiro atoms. The first-order valence-corrected chi connectivity index (χ1v) is 5.72. The standard InChI is InChI=1S/C13H15FN4/c14-12-7-9(6-10(16)8-15)2-3-11(12)13-17-4-1-5-18-13/h1-5,7,10H,6,8,15-16H2. The molecule has 0 amide bonds. The SMILES string of the molecule is NCC(N)Cc1ccc(-c2ncccn2)c(F)c1. The number of halogens is 1. The normalized spacial score (nSPS) is 12.4. The number of hydrogen-bond acceptors (Lipinski definition) is 4. The van der Waals surface area contributed by atoms with Gasteiger partial charge < -0.3 is 11.5 Å². The highest BCUT2D eigenvalue weighted by Crippen LogP contribution is 2.20. The van der Waals surface area contributed by atoms with Gasteiger partial charge in [0.1, 0.15) is 5.82 Å². The van der Waals surface area contributed by atoms with Gasteiger partial charge in [0, 0.05) is 25.0 Å². The Hall–Kier alpha value is -1.85. The van der Waals surface area contributed by atoms with Gasteiger partial charge in [-0.25, -0.2) is 14.4 Å². The molecule has 4 N–H and O–H groups in total. The van der Waals surface area contributed by atoms with Crippen LogP contribution < -0.4 is 11.5 Å². The van der Waals surface area contributed by atoms with Crippen LogP contribution in [0.2, 0.25) is 0 Å². The minimum atomic E-state index is -0.345. The summed E-state index contributed by atoms with van der Waals surface area (Å²) in [7, 11) is 0. The van der Waals surface area contributed by atoms with Crippen LogP contribution in [0.15, 0.2) is 36.7 Å². The van der Waals surface area contributed by atoms with Crippen LogP contribution in [0.1, 0.15) is 5.56 Å². The topological polar surface area (TPSA) is 77.8 Å². The molecule has 2 aromatic rings. The molecule has 0 aliphatic carbocycles. The van der Waals surface area contributed by atoms with Gasteiger partial charge in [0.2, 0.25) is 0 Å². The van der Waals surface area contributed by atoms with Crippen LogP contribution in [-0.2, 0) is 6.42 Å². The molecule has 0 radical (unpaired) electrons. The molecule has 0 aliphatic heterocycles. The van der Waals surface area contributed by atoms with Crippen LogP contribution in [0.5, 0.6) is 0 Å². The predicted molar refractivity (Wildman–Crippen MR) is 68.2 cm³/mol. The third-order valence-corrected chi connectivity index (χ3v) is 2.64. The predicted octanol–water partition coefficient (Wildman–Crippen LogP) is 1.11. The maximum atomic E-state index is 13.9. The van der Waals surface area contributed by atoms with E-state index in [1.165, 1.54) is 6.07 Å². The maximum Gasteiger partial charge on any atom is 0.162 e. The Bertz CT molecular complexity index is 516. The molecule has 2 rings (SSSR count). The first-order valence-electron chi connectivity index (χ1n) is 5.72. The lowest BCUT2D eigenvalue weighted by atomic mass is 10.0. The van der Waals surface area contributed by atoms with Crippen molar-refractivity contribution in [3.63, 3.8) is 0 Å². The fraction of sp³-hybridized carbons (Fsp3) is 0.231. The number of aromatic nitrogens is 2. The van der Waals surface area contributed by atoms with Gasteiger partial charge >= 0.3 is 0 Å². The zero-order valence-electron chi connectivity index (χ0n) is 9.88. The first kappa shape index (κ1) is 12.6. The van der Waals surface area contributed by atoms with Gasteiger partial charge in [-0.05, 0) is 30.2 Å². The van der Waals surface area contributed by atoms with Crippen molar-refractivity contribution in [2.45, 2.75) is 12.5 Å². The molecule has 1 aromatic heterocycles. The second kappa shape index (κ2) is 5.66. The molecule has 0 aliphatic rings. The highest BCUT2D eigenvalue weighted by atomic mass is 19.1. The summed E-state index contributed by atoms with van der Waals surface area (Å²) in [5.41, 5.74) is 12.4. The average molecular weight is 246 g/mol. The zero-order chi connectivity index (χ0) is 13.0. The van der Waals surface area contributed by atoms with Gasteiger partial charge in [-0.15, -0.1) is 0 Å². The first-order chi connectivity index (χ1) is 8.70. The quantitative estimate of drug-likeness (QED) is 0.847. The summed E-state index contributed by atoms with van der Waals surface area (Å²) in [6.07, 6.45) is 3.73. The molecule has 1 atom stereocenters. The maximum absolute atomic E-state index is 13.9. The number of hydrogen-bond donors (Lipinski definition) is 2. The third kappa shape index (κ3) is 2.88. The summed E-state index contributed by atoms with van der Waals surface area (Å²) < 4.78 is 13.9. The second-order valence-corrected chi connectivity index (χ2v) is 4.09. The van der Waals surface area contributed by atoms with Crippen molar-refractivity contribution in [2.24, 2.45) is 11.5 Å². The van der Waals surface area contributed by atoms with E-state index in [-0.39, 0.29) is 11.9 Å². The smallest absolute Gasteiger partial charge is 0.162 e.